The highest BCUT2D eigenvalue weighted by Crippen LogP contribution is 2.58. The molecule has 0 aromatic carbocycles. The van der Waals surface area contributed by atoms with E-state index < -0.39 is 0 Å². The van der Waals surface area contributed by atoms with Crippen molar-refractivity contribution in [1.29, 1.82) is 0 Å². The van der Waals surface area contributed by atoms with Gasteiger partial charge in [0.25, 0.3) is 0 Å². The van der Waals surface area contributed by atoms with Gasteiger partial charge in [-0.25, -0.2) is 0 Å². The number of carbonyl (C=O) groups excluding carboxylic acids is 1. The number of nitrogens with zero attached hydrogens (tertiary/aromatic N) is 1. The summed E-state index contributed by atoms with van der Waals surface area (Å²) in [6, 6.07) is 0. The van der Waals surface area contributed by atoms with Gasteiger partial charge < -0.3 is 15.5 Å². The van der Waals surface area contributed by atoms with Crippen molar-refractivity contribution in [2.45, 2.75) is 45.4 Å². The molecule has 1 atom stereocenters. The average molecular weight is 293 g/mol. The highest BCUT2D eigenvalue weighted by molar-refractivity contribution is 5.82. The Hall–Kier alpha value is -0.610. The first-order valence-electron chi connectivity index (χ1n) is 8.90. The van der Waals surface area contributed by atoms with E-state index in [0.29, 0.717) is 17.2 Å². The smallest absolute Gasteiger partial charge is 0.223 e. The third-order valence-corrected chi connectivity index (χ3v) is 5.93. The summed E-state index contributed by atoms with van der Waals surface area (Å²) in [5.41, 5.74) is 0.373. The summed E-state index contributed by atoms with van der Waals surface area (Å²) in [6.45, 7) is 9.03. The third-order valence-electron chi connectivity index (χ3n) is 5.93. The van der Waals surface area contributed by atoms with Gasteiger partial charge in [-0.1, -0.05) is 6.92 Å². The second-order valence-corrected chi connectivity index (χ2v) is 7.54. The summed E-state index contributed by atoms with van der Waals surface area (Å²) in [5, 5.41) is 6.57. The average Bonchev–Trinajstić information content (AvgIpc) is 3.19. The Kier molecular flexibility index (Phi) is 4.85. The molecule has 1 amide bonds. The summed E-state index contributed by atoms with van der Waals surface area (Å²) < 4.78 is 0. The first-order valence-corrected chi connectivity index (χ1v) is 8.90. The van der Waals surface area contributed by atoms with E-state index in [1.807, 2.05) is 0 Å². The Bertz CT molecular complexity index is 357. The van der Waals surface area contributed by atoms with Crippen LogP contribution >= 0.6 is 0 Å². The molecule has 0 aromatic rings. The molecule has 1 unspecified atom stereocenters. The van der Waals surface area contributed by atoms with Crippen molar-refractivity contribution in [3.8, 4) is 0 Å². The van der Waals surface area contributed by atoms with Crippen LogP contribution in [0.2, 0.25) is 0 Å². The number of piperidine rings is 2. The minimum atomic E-state index is 0.315. The van der Waals surface area contributed by atoms with Crippen LogP contribution in [0.15, 0.2) is 0 Å². The van der Waals surface area contributed by atoms with Crippen LogP contribution in [0.4, 0.5) is 0 Å². The Morgan fingerprint density at radius 3 is 2.71 bits per heavy atom. The number of carbonyl (C=O) groups is 1. The lowest BCUT2D eigenvalue weighted by molar-refractivity contribution is -0.123. The van der Waals surface area contributed by atoms with Crippen molar-refractivity contribution in [3.63, 3.8) is 0 Å². The van der Waals surface area contributed by atoms with Crippen LogP contribution in [0, 0.1) is 17.3 Å². The van der Waals surface area contributed by atoms with Crippen LogP contribution in [-0.4, -0.2) is 50.1 Å². The number of rotatable bonds is 5. The van der Waals surface area contributed by atoms with Crippen LogP contribution in [0.25, 0.3) is 0 Å². The number of likely N-dealkylation sites (tertiary alicyclic amines) is 1. The molecular weight excluding hydrogens is 262 g/mol. The molecule has 1 spiro atoms. The van der Waals surface area contributed by atoms with Crippen molar-refractivity contribution in [1.82, 2.24) is 15.5 Å². The molecule has 0 aromatic heterocycles. The number of hydrogen-bond acceptors (Lipinski definition) is 3. The zero-order valence-electron chi connectivity index (χ0n) is 13.5. The van der Waals surface area contributed by atoms with Gasteiger partial charge in [-0.3, -0.25) is 4.79 Å². The SMILES string of the molecule is CC1CCN(CCCNC(=O)C2CC23CCNCC3)CC1. The maximum atomic E-state index is 12.2. The third kappa shape index (κ3) is 3.78. The van der Waals surface area contributed by atoms with E-state index in [2.05, 4.69) is 22.5 Å². The maximum Gasteiger partial charge on any atom is 0.223 e. The van der Waals surface area contributed by atoms with Gasteiger partial charge in [0.2, 0.25) is 5.91 Å². The van der Waals surface area contributed by atoms with E-state index in [0.717, 1.165) is 44.9 Å². The predicted molar refractivity (Wildman–Crippen MR) is 85.1 cm³/mol. The molecule has 0 radical (unpaired) electrons. The molecule has 3 fully saturated rings. The summed E-state index contributed by atoms with van der Waals surface area (Å²) in [4.78, 5) is 14.8. The van der Waals surface area contributed by atoms with Crippen molar-refractivity contribution >= 4 is 5.91 Å². The molecule has 1 saturated carbocycles. The minimum Gasteiger partial charge on any atom is -0.356 e. The van der Waals surface area contributed by atoms with Gasteiger partial charge in [0, 0.05) is 12.5 Å². The number of hydrogen-bond donors (Lipinski definition) is 2. The monoisotopic (exact) mass is 293 g/mol. The molecule has 4 nitrogen and oxygen atoms in total. The summed E-state index contributed by atoms with van der Waals surface area (Å²) >= 11 is 0. The molecular formula is C17H31N3O. The van der Waals surface area contributed by atoms with Gasteiger partial charge in [0.05, 0.1) is 0 Å². The Morgan fingerprint density at radius 1 is 1.29 bits per heavy atom. The van der Waals surface area contributed by atoms with Gasteiger partial charge in [-0.15, -0.1) is 0 Å². The van der Waals surface area contributed by atoms with E-state index in [1.165, 1.54) is 38.8 Å². The van der Waals surface area contributed by atoms with Gasteiger partial charge in [0.15, 0.2) is 0 Å². The number of amides is 1. The largest absolute Gasteiger partial charge is 0.356 e. The maximum absolute atomic E-state index is 12.2. The van der Waals surface area contributed by atoms with E-state index in [1.54, 1.807) is 0 Å². The van der Waals surface area contributed by atoms with Crippen molar-refractivity contribution < 1.29 is 4.79 Å². The fraction of sp³-hybridized carbons (Fsp3) is 0.941. The van der Waals surface area contributed by atoms with Crippen molar-refractivity contribution in [3.05, 3.63) is 0 Å². The topological polar surface area (TPSA) is 44.4 Å². The van der Waals surface area contributed by atoms with Crippen molar-refractivity contribution in [2.24, 2.45) is 17.3 Å². The Morgan fingerprint density at radius 2 is 2.00 bits per heavy atom. The fourth-order valence-corrected chi connectivity index (χ4v) is 4.12. The molecule has 21 heavy (non-hydrogen) atoms. The highest BCUT2D eigenvalue weighted by atomic mass is 16.2. The van der Waals surface area contributed by atoms with E-state index in [-0.39, 0.29) is 0 Å². The molecule has 2 saturated heterocycles. The minimum absolute atomic E-state index is 0.315. The molecule has 3 aliphatic rings. The van der Waals surface area contributed by atoms with Gasteiger partial charge in [-0.05, 0) is 82.6 Å². The Balaban J connectivity index is 1.29. The van der Waals surface area contributed by atoms with E-state index in [4.69, 9.17) is 0 Å². The van der Waals surface area contributed by atoms with Crippen LogP contribution in [-0.2, 0) is 4.79 Å². The standard InChI is InChI=1S/C17H31N3O/c1-14-3-11-20(12-4-14)10-2-7-19-16(21)15-13-17(15)5-8-18-9-6-17/h14-15,18H,2-13H2,1H3,(H,19,21). The normalized spacial score (nSPS) is 29.5. The molecule has 1 aliphatic carbocycles. The molecule has 2 N–H and O–H groups in total. The summed E-state index contributed by atoms with van der Waals surface area (Å²) in [7, 11) is 0. The van der Waals surface area contributed by atoms with Crippen molar-refractivity contribution in [2.75, 3.05) is 39.3 Å². The summed E-state index contributed by atoms with van der Waals surface area (Å²) in [5.74, 6) is 1.54. The summed E-state index contributed by atoms with van der Waals surface area (Å²) in [6.07, 6.45) is 7.29. The first-order chi connectivity index (χ1) is 10.2. The lowest BCUT2D eigenvalue weighted by Crippen LogP contribution is -2.36. The molecule has 3 rings (SSSR count). The molecule has 120 valence electrons. The second-order valence-electron chi connectivity index (χ2n) is 7.54. The highest BCUT2D eigenvalue weighted by Gasteiger charge is 2.57. The molecule has 4 heteroatoms. The first kappa shape index (κ1) is 15.3. The zero-order chi connectivity index (χ0) is 14.7. The zero-order valence-corrected chi connectivity index (χ0v) is 13.5. The number of nitrogens with one attached hydrogen (secondary N) is 2. The lowest BCUT2D eigenvalue weighted by Gasteiger charge is -2.30. The van der Waals surface area contributed by atoms with Gasteiger partial charge in [0.1, 0.15) is 0 Å². The van der Waals surface area contributed by atoms with Crippen LogP contribution in [0.5, 0.6) is 0 Å². The lowest BCUT2D eigenvalue weighted by atomic mass is 9.92. The second kappa shape index (κ2) is 6.66. The fourth-order valence-electron chi connectivity index (χ4n) is 4.12. The van der Waals surface area contributed by atoms with Gasteiger partial charge in [-0.2, -0.15) is 0 Å². The van der Waals surface area contributed by atoms with Crippen LogP contribution in [0.1, 0.15) is 45.4 Å². The molecule has 2 aliphatic heterocycles. The molecule has 2 heterocycles. The predicted octanol–water partition coefficient (Wildman–Crippen LogP) is 1.61. The van der Waals surface area contributed by atoms with Crippen LogP contribution in [0.3, 0.4) is 0 Å². The quantitative estimate of drug-likeness (QED) is 0.757. The molecule has 0 bridgehead atoms. The Labute approximate surface area is 129 Å². The van der Waals surface area contributed by atoms with Crippen LogP contribution < -0.4 is 10.6 Å². The van der Waals surface area contributed by atoms with E-state index >= 15 is 0 Å². The van der Waals surface area contributed by atoms with E-state index in [9.17, 15) is 4.79 Å². The van der Waals surface area contributed by atoms with Gasteiger partial charge >= 0.3 is 0 Å².